The first-order valence-corrected chi connectivity index (χ1v) is 5.18. The van der Waals surface area contributed by atoms with Crippen molar-refractivity contribution < 1.29 is 14.6 Å². The summed E-state index contributed by atoms with van der Waals surface area (Å²) >= 11 is 0. The lowest BCUT2D eigenvalue weighted by Gasteiger charge is -2.19. The topological polar surface area (TPSA) is 64.7 Å². The normalized spacial score (nSPS) is 11.3. The van der Waals surface area contributed by atoms with E-state index in [9.17, 15) is 5.11 Å². The summed E-state index contributed by atoms with van der Waals surface area (Å²) in [6, 6.07) is 5.44. The smallest absolute Gasteiger partial charge is 0.124 e. The van der Waals surface area contributed by atoms with Crippen LogP contribution < -0.4 is 15.2 Å². The van der Waals surface area contributed by atoms with Crippen molar-refractivity contribution in [1.82, 2.24) is 0 Å². The molecule has 1 aromatic carbocycles. The zero-order valence-electron chi connectivity index (χ0n) is 9.99. The Balaban J connectivity index is 2.79. The molecule has 0 unspecified atom stereocenters. The molecular weight excluding hydrogens is 206 g/mol. The van der Waals surface area contributed by atoms with Crippen LogP contribution in [0.5, 0.6) is 11.5 Å². The van der Waals surface area contributed by atoms with E-state index >= 15 is 0 Å². The van der Waals surface area contributed by atoms with E-state index in [-0.39, 0.29) is 6.61 Å². The molecule has 0 saturated carbocycles. The fourth-order valence-electron chi connectivity index (χ4n) is 1.24. The number of methoxy groups -OCH3 is 1. The fraction of sp³-hybridized carbons (Fsp3) is 0.500. The highest BCUT2D eigenvalue weighted by Gasteiger charge is 2.14. The van der Waals surface area contributed by atoms with Gasteiger partial charge in [-0.1, -0.05) is 0 Å². The van der Waals surface area contributed by atoms with Crippen LogP contribution in [0.4, 0.5) is 0 Å². The summed E-state index contributed by atoms with van der Waals surface area (Å²) in [5.74, 6) is 1.43. The molecule has 90 valence electrons. The van der Waals surface area contributed by atoms with E-state index in [1.807, 2.05) is 6.07 Å². The van der Waals surface area contributed by atoms with Gasteiger partial charge in [-0.25, -0.2) is 0 Å². The average Bonchev–Trinajstić information content (AvgIpc) is 2.25. The Morgan fingerprint density at radius 1 is 1.38 bits per heavy atom. The summed E-state index contributed by atoms with van der Waals surface area (Å²) < 4.78 is 10.6. The van der Waals surface area contributed by atoms with Gasteiger partial charge in [0.2, 0.25) is 0 Å². The molecule has 0 atom stereocenters. The van der Waals surface area contributed by atoms with Gasteiger partial charge in [0.25, 0.3) is 0 Å². The third-order valence-electron chi connectivity index (χ3n) is 2.07. The van der Waals surface area contributed by atoms with Crippen molar-refractivity contribution in [3.05, 3.63) is 23.8 Å². The molecule has 0 aliphatic carbocycles. The van der Waals surface area contributed by atoms with Crippen LogP contribution in [0.1, 0.15) is 19.4 Å². The number of benzene rings is 1. The highest BCUT2D eigenvalue weighted by Crippen LogP contribution is 2.24. The third-order valence-corrected chi connectivity index (χ3v) is 2.07. The van der Waals surface area contributed by atoms with Crippen molar-refractivity contribution in [2.75, 3.05) is 13.7 Å². The number of rotatable bonds is 5. The van der Waals surface area contributed by atoms with Gasteiger partial charge in [-0.2, -0.15) is 0 Å². The molecule has 0 fully saturated rings. The number of ether oxygens (including phenoxy) is 2. The molecule has 0 aliphatic rings. The second-order valence-corrected chi connectivity index (χ2v) is 4.28. The van der Waals surface area contributed by atoms with Gasteiger partial charge in [0.15, 0.2) is 0 Å². The lowest BCUT2D eigenvalue weighted by molar-refractivity contribution is 0.0281. The Morgan fingerprint density at radius 2 is 2.06 bits per heavy atom. The van der Waals surface area contributed by atoms with Gasteiger partial charge in [-0.15, -0.1) is 0 Å². The van der Waals surface area contributed by atoms with E-state index in [0.29, 0.717) is 12.3 Å². The summed E-state index contributed by atoms with van der Waals surface area (Å²) in [4.78, 5) is 0. The van der Waals surface area contributed by atoms with Crippen LogP contribution in [0.3, 0.4) is 0 Å². The molecule has 1 rings (SSSR count). The minimum Gasteiger partial charge on any atom is -0.497 e. The van der Waals surface area contributed by atoms with Crippen LogP contribution in [-0.2, 0) is 6.54 Å². The van der Waals surface area contributed by atoms with Crippen LogP contribution in [0.25, 0.3) is 0 Å². The van der Waals surface area contributed by atoms with E-state index in [4.69, 9.17) is 15.2 Å². The van der Waals surface area contributed by atoms with Crippen molar-refractivity contribution in [3.8, 4) is 11.5 Å². The summed E-state index contributed by atoms with van der Waals surface area (Å²) in [7, 11) is 1.60. The molecule has 0 heterocycles. The van der Waals surface area contributed by atoms with E-state index < -0.39 is 5.60 Å². The summed E-state index contributed by atoms with van der Waals surface area (Å²) in [6.45, 7) is 3.99. The average molecular weight is 225 g/mol. The molecule has 0 spiro atoms. The van der Waals surface area contributed by atoms with Crippen molar-refractivity contribution in [2.45, 2.75) is 26.0 Å². The molecule has 16 heavy (non-hydrogen) atoms. The standard InChI is InChI=1S/C12H19NO3/c1-12(2,14)8-16-11-5-4-10(15-3)6-9(11)7-13/h4-6,14H,7-8,13H2,1-3H3. The minimum atomic E-state index is -0.855. The van der Waals surface area contributed by atoms with Crippen molar-refractivity contribution in [3.63, 3.8) is 0 Å². The largest absolute Gasteiger partial charge is 0.497 e. The molecular formula is C12H19NO3. The fourth-order valence-corrected chi connectivity index (χ4v) is 1.24. The molecule has 4 nitrogen and oxygen atoms in total. The molecule has 4 heteroatoms. The Hall–Kier alpha value is -1.26. The van der Waals surface area contributed by atoms with Gasteiger partial charge in [0, 0.05) is 12.1 Å². The Bertz CT molecular complexity index is 345. The molecule has 0 aromatic heterocycles. The van der Waals surface area contributed by atoms with E-state index in [0.717, 1.165) is 11.3 Å². The molecule has 0 saturated heterocycles. The Kier molecular flexibility index (Phi) is 4.15. The van der Waals surface area contributed by atoms with Gasteiger partial charge in [-0.3, -0.25) is 0 Å². The van der Waals surface area contributed by atoms with Crippen LogP contribution in [0.2, 0.25) is 0 Å². The molecule has 0 aliphatic heterocycles. The second kappa shape index (κ2) is 5.18. The van der Waals surface area contributed by atoms with E-state index in [1.54, 1.807) is 33.1 Å². The molecule has 0 bridgehead atoms. The number of hydrogen-bond acceptors (Lipinski definition) is 4. The zero-order valence-corrected chi connectivity index (χ0v) is 9.99. The SMILES string of the molecule is COc1ccc(OCC(C)(C)O)c(CN)c1. The monoisotopic (exact) mass is 225 g/mol. The van der Waals surface area contributed by atoms with Gasteiger partial charge in [-0.05, 0) is 32.0 Å². The van der Waals surface area contributed by atoms with Gasteiger partial charge in [0.05, 0.1) is 12.7 Å². The first kappa shape index (κ1) is 12.8. The maximum atomic E-state index is 9.56. The zero-order chi connectivity index (χ0) is 12.2. The van der Waals surface area contributed by atoms with Crippen LogP contribution in [0.15, 0.2) is 18.2 Å². The lowest BCUT2D eigenvalue weighted by Crippen LogP contribution is -2.28. The minimum absolute atomic E-state index is 0.229. The van der Waals surface area contributed by atoms with Crippen LogP contribution >= 0.6 is 0 Å². The number of aliphatic hydroxyl groups is 1. The maximum absolute atomic E-state index is 9.56. The van der Waals surface area contributed by atoms with Gasteiger partial charge >= 0.3 is 0 Å². The Labute approximate surface area is 96.0 Å². The summed E-state index contributed by atoms with van der Waals surface area (Å²) in [5, 5.41) is 9.56. The molecule has 0 amide bonds. The lowest BCUT2D eigenvalue weighted by atomic mass is 10.1. The van der Waals surface area contributed by atoms with Gasteiger partial charge in [0.1, 0.15) is 18.1 Å². The first-order valence-electron chi connectivity index (χ1n) is 5.18. The predicted molar refractivity (Wildman–Crippen MR) is 62.7 cm³/mol. The summed E-state index contributed by atoms with van der Waals surface area (Å²) in [6.07, 6.45) is 0. The van der Waals surface area contributed by atoms with Crippen molar-refractivity contribution in [1.29, 1.82) is 0 Å². The molecule has 3 N–H and O–H groups in total. The van der Waals surface area contributed by atoms with Gasteiger partial charge < -0.3 is 20.3 Å². The highest BCUT2D eigenvalue weighted by molar-refractivity contribution is 5.40. The van der Waals surface area contributed by atoms with E-state index in [2.05, 4.69) is 0 Å². The maximum Gasteiger partial charge on any atom is 0.124 e. The molecule has 1 aromatic rings. The van der Waals surface area contributed by atoms with Crippen LogP contribution in [-0.4, -0.2) is 24.4 Å². The number of hydrogen-bond donors (Lipinski definition) is 2. The quantitative estimate of drug-likeness (QED) is 0.793. The second-order valence-electron chi connectivity index (χ2n) is 4.28. The Morgan fingerprint density at radius 3 is 2.56 bits per heavy atom. The van der Waals surface area contributed by atoms with E-state index in [1.165, 1.54) is 0 Å². The van der Waals surface area contributed by atoms with Crippen LogP contribution in [0, 0.1) is 0 Å². The molecule has 0 radical (unpaired) electrons. The van der Waals surface area contributed by atoms with Crippen molar-refractivity contribution >= 4 is 0 Å². The number of nitrogens with two attached hydrogens (primary N) is 1. The van der Waals surface area contributed by atoms with Crippen molar-refractivity contribution in [2.24, 2.45) is 5.73 Å². The predicted octanol–water partition coefficient (Wildman–Crippen LogP) is 1.30. The summed E-state index contributed by atoms with van der Waals surface area (Å²) in [5.41, 5.74) is 5.62. The third kappa shape index (κ3) is 3.72. The highest BCUT2D eigenvalue weighted by atomic mass is 16.5. The first-order chi connectivity index (χ1) is 7.46.